The van der Waals surface area contributed by atoms with Gasteiger partial charge in [-0.3, -0.25) is 29.1 Å². The monoisotopic (exact) mass is 1140 g/mol. The number of nitrogens with zero attached hydrogens (tertiary/aromatic N) is 5. The molecule has 5 aliphatic rings. The van der Waals surface area contributed by atoms with Crippen molar-refractivity contribution in [2.75, 3.05) is 106 Å². The number of fused-ring (bicyclic) bond motifs is 8. The summed E-state index contributed by atoms with van der Waals surface area (Å²) in [6.45, 7) is 8.00. The molecule has 1 N–H and O–H groups in total. The molecule has 5 aromatic rings. The van der Waals surface area contributed by atoms with Gasteiger partial charge < -0.3 is 53.1 Å². The van der Waals surface area contributed by atoms with E-state index in [1.54, 1.807) is 56.2 Å². The van der Waals surface area contributed by atoms with Crippen molar-refractivity contribution in [2.24, 2.45) is 4.99 Å². The minimum Gasteiger partial charge on any atom is -0.493 e. The Balaban J connectivity index is 0.914. The molecule has 5 heterocycles. The van der Waals surface area contributed by atoms with Crippen LogP contribution in [0.25, 0.3) is 0 Å². The van der Waals surface area contributed by atoms with E-state index in [-0.39, 0.29) is 79.4 Å². The first kappa shape index (κ1) is 57.6. The molecule has 432 valence electrons. The van der Waals surface area contributed by atoms with E-state index < -0.39 is 5.97 Å². The van der Waals surface area contributed by atoms with E-state index in [1.807, 2.05) is 65.7 Å². The number of ether oxygens (including phenoxy) is 7. The first-order chi connectivity index (χ1) is 39.8. The van der Waals surface area contributed by atoms with Gasteiger partial charge in [0, 0.05) is 92.6 Å². The van der Waals surface area contributed by atoms with Crippen molar-refractivity contribution in [3.63, 3.8) is 0 Å². The Morgan fingerprint density at radius 1 is 0.732 bits per heavy atom. The van der Waals surface area contributed by atoms with Gasteiger partial charge in [0.25, 0.3) is 17.7 Å². The Morgan fingerprint density at radius 2 is 1.38 bits per heavy atom. The van der Waals surface area contributed by atoms with Crippen molar-refractivity contribution in [1.82, 2.24) is 5.06 Å². The standard InChI is InChI=1S/C62H70N6O13S/c1-62(2,82-24-10-15-59(71)81-66-36-47(69)16-17-58(66)70)39-65(18-19-77-22-23-78-21-20-74-3)44-26-40(37-79-56-32-50-48(30-54(56)75-4)60(72)67-45(34-63-50)28-42-11-6-8-13-52(42)67)25-41(27-44)38-80-57-33-51-49(31-55(57)76-5)61(73)68-46(35-64-51)29-43-12-7-9-14-53(43)68/h6-9,11-14,25-27,30-34,45-46,64H,10,15-24,28-29,35-39H2,1-5H3/t45-,46-/m0/s1. The molecular formula is C62H70N6O13S. The maximum absolute atomic E-state index is 14.3. The number of aliphatic imine (C=N–C) groups is 1. The fourth-order valence-electron chi connectivity index (χ4n) is 11.0. The number of carbonyl (C=O) groups is 5. The highest BCUT2D eigenvalue weighted by Crippen LogP contribution is 2.43. The molecule has 1 fully saturated rings. The summed E-state index contributed by atoms with van der Waals surface area (Å²) in [6.07, 6.45) is 4.00. The van der Waals surface area contributed by atoms with Gasteiger partial charge in [0.15, 0.2) is 28.8 Å². The average Bonchev–Trinajstić information content (AvgIpc) is 3.70. The third-order valence-electron chi connectivity index (χ3n) is 15.0. The number of piperidine rings is 1. The number of para-hydroxylation sites is 2. The summed E-state index contributed by atoms with van der Waals surface area (Å²) in [5.74, 6) is 0.919. The van der Waals surface area contributed by atoms with Crippen molar-refractivity contribution in [1.29, 1.82) is 0 Å². The molecule has 0 saturated carbocycles. The molecule has 0 bridgehead atoms. The zero-order chi connectivity index (χ0) is 57.3. The van der Waals surface area contributed by atoms with Crippen LogP contribution < -0.4 is 39.0 Å². The summed E-state index contributed by atoms with van der Waals surface area (Å²) in [7, 11) is 4.74. The maximum Gasteiger partial charge on any atom is 0.332 e. The van der Waals surface area contributed by atoms with Gasteiger partial charge in [0.1, 0.15) is 19.8 Å². The molecule has 0 spiro atoms. The molecule has 1 saturated heterocycles. The van der Waals surface area contributed by atoms with Gasteiger partial charge >= 0.3 is 5.97 Å². The highest BCUT2D eigenvalue weighted by atomic mass is 32.2. The highest BCUT2D eigenvalue weighted by molar-refractivity contribution is 8.00. The van der Waals surface area contributed by atoms with Crippen LogP contribution in [0.5, 0.6) is 23.0 Å². The fourth-order valence-corrected chi connectivity index (χ4v) is 12.1. The summed E-state index contributed by atoms with van der Waals surface area (Å²) >= 11 is 1.70. The van der Waals surface area contributed by atoms with E-state index >= 15 is 0 Å². The first-order valence-corrected chi connectivity index (χ1v) is 28.8. The van der Waals surface area contributed by atoms with Crippen LogP contribution in [-0.4, -0.2) is 144 Å². The Morgan fingerprint density at radius 3 is 2.10 bits per heavy atom. The number of hydroxylamine groups is 2. The Hall–Kier alpha value is -7.65. The summed E-state index contributed by atoms with van der Waals surface area (Å²) in [6, 6.07) is 28.9. The topological polar surface area (TPSA) is 197 Å². The van der Waals surface area contributed by atoms with Crippen LogP contribution in [0.3, 0.4) is 0 Å². The summed E-state index contributed by atoms with van der Waals surface area (Å²) in [5.41, 5.74) is 8.54. The van der Waals surface area contributed by atoms with Gasteiger partial charge in [-0.25, -0.2) is 4.79 Å². The molecule has 3 amide bonds. The number of nitrogens with one attached hydrogen (secondary N) is 1. The molecule has 20 heteroatoms. The van der Waals surface area contributed by atoms with E-state index in [0.717, 1.165) is 50.8 Å². The summed E-state index contributed by atoms with van der Waals surface area (Å²) in [4.78, 5) is 81.6. The van der Waals surface area contributed by atoms with Crippen LogP contribution in [0.1, 0.15) is 82.5 Å². The van der Waals surface area contributed by atoms with E-state index in [9.17, 15) is 24.0 Å². The SMILES string of the molecule is COCCOCCOCCN(CC(C)(C)SCCCC(=O)ON1CC(=O)CCC1=O)c1cc(COc2cc3c(cc2OC)C(=O)N2c4ccccc4C[C@H]2C=N3)cc(COc2cc3c(cc2OC)C(=O)N2c4ccccc4C[C@H]2CN3)c1. The Kier molecular flexibility index (Phi) is 18.3. The molecule has 5 aromatic carbocycles. The molecule has 0 aromatic heterocycles. The molecule has 0 radical (unpaired) electrons. The van der Waals surface area contributed by atoms with Crippen molar-refractivity contribution in [3.05, 3.63) is 124 Å². The number of hydrogen-bond donors (Lipinski definition) is 1. The predicted molar refractivity (Wildman–Crippen MR) is 313 cm³/mol. The molecule has 0 unspecified atom stereocenters. The molecule has 5 aliphatic heterocycles. The lowest BCUT2D eigenvalue weighted by molar-refractivity contribution is -0.201. The number of thioether (sulfide) groups is 1. The molecule has 0 aliphatic carbocycles. The second-order valence-electron chi connectivity index (χ2n) is 21.3. The fraction of sp³-hybridized carbons (Fsp3) is 0.419. The van der Waals surface area contributed by atoms with E-state index in [2.05, 4.69) is 42.3 Å². The van der Waals surface area contributed by atoms with Gasteiger partial charge in [-0.1, -0.05) is 36.4 Å². The summed E-state index contributed by atoms with van der Waals surface area (Å²) < 4.78 is 41.7. The number of benzene rings is 5. The lowest BCUT2D eigenvalue weighted by Crippen LogP contribution is -2.41. The first-order valence-electron chi connectivity index (χ1n) is 27.8. The molecule has 2 atom stereocenters. The smallest absolute Gasteiger partial charge is 0.332 e. The van der Waals surface area contributed by atoms with Crippen molar-refractivity contribution >= 4 is 75.9 Å². The lowest BCUT2D eigenvalue weighted by atomic mass is 10.1. The lowest BCUT2D eigenvalue weighted by Gasteiger charge is -2.34. The number of carbonyl (C=O) groups excluding carboxylic acids is 5. The quantitative estimate of drug-likeness (QED) is 0.0517. The summed E-state index contributed by atoms with van der Waals surface area (Å²) in [5, 5.41) is 4.41. The molecule has 82 heavy (non-hydrogen) atoms. The van der Waals surface area contributed by atoms with Crippen LogP contribution in [0.2, 0.25) is 0 Å². The number of ketones is 1. The maximum atomic E-state index is 14.3. The normalized spacial score (nSPS) is 17.0. The second kappa shape index (κ2) is 26.1. The van der Waals surface area contributed by atoms with Crippen LogP contribution in [0.15, 0.2) is 96.0 Å². The van der Waals surface area contributed by atoms with Gasteiger partial charge in [-0.05, 0) is 97.2 Å². The Bertz CT molecular complexity index is 3220. The zero-order valence-corrected chi connectivity index (χ0v) is 47.9. The number of anilines is 4. The van der Waals surface area contributed by atoms with Gasteiger partial charge in [-0.2, -0.15) is 16.8 Å². The van der Waals surface area contributed by atoms with Crippen molar-refractivity contribution in [3.8, 4) is 23.0 Å². The number of Topliss-reactive ketones (excluding diaryl/α,β-unsaturated/α-hetero) is 1. The van der Waals surface area contributed by atoms with Gasteiger partial charge in [-0.15, -0.1) is 0 Å². The van der Waals surface area contributed by atoms with Crippen molar-refractivity contribution < 1.29 is 62.0 Å². The third-order valence-corrected chi connectivity index (χ3v) is 16.4. The average molecular weight is 1140 g/mol. The van der Waals surface area contributed by atoms with Crippen LogP contribution >= 0.6 is 11.8 Å². The number of methoxy groups -OCH3 is 3. The predicted octanol–water partition coefficient (Wildman–Crippen LogP) is 8.57. The number of hydrogen-bond acceptors (Lipinski definition) is 17. The number of amides is 3. The third kappa shape index (κ3) is 13.3. The molecule has 10 rings (SSSR count). The van der Waals surface area contributed by atoms with Gasteiger partial charge in [0.05, 0.1) is 81.8 Å². The second-order valence-corrected chi connectivity index (χ2v) is 23.1. The van der Waals surface area contributed by atoms with Crippen LogP contribution in [0.4, 0.5) is 28.4 Å². The van der Waals surface area contributed by atoms with Gasteiger partial charge in [0.2, 0.25) is 0 Å². The Labute approximate surface area is 482 Å². The molecular weight excluding hydrogens is 1070 g/mol. The highest BCUT2D eigenvalue weighted by Gasteiger charge is 2.39. The minimum atomic E-state index is -0.559. The van der Waals surface area contributed by atoms with E-state index in [4.69, 9.17) is 43.0 Å². The van der Waals surface area contributed by atoms with E-state index in [0.29, 0.717) is 117 Å². The minimum absolute atomic E-state index is 0.0300. The van der Waals surface area contributed by atoms with Crippen LogP contribution in [-0.2, 0) is 59.5 Å². The largest absolute Gasteiger partial charge is 0.493 e. The van der Waals surface area contributed by atoms with Crippen molar-refractivity contribution in [2.45, 2.75) is 82.4 Å². The van der Waals surface area contributed by atoms with Crippen LogP contribution in [0, 0.1) is 0 Å². The molecule has 19 nitrogen and oxygen atoms in total. The number of rotatable bonds is 26. The van der Waals surface area contributed by atoms with E-state index in [1.165, 1.54) is 0 Å². The zero-order valence-electron chi connectivity index (χ0n) is 47.1.